The van der Waals surface area contributed by atoms with E-state index in [1.807, 2.05) is 24.3 Å². The van der Waals surface area contributed by atoms with E-state index >= 15 is 0 Å². The fraction of sp³-hybridized carbons (Fsp3) is 0.412. The van der Waals surface area contributed by atoms with Crippen LogP contribution in [-0.4, -0.2) is 17.4 Å². The molecule has 0 bridgehead atoms. The first-order chi connectivity index (χ1) is 10.1. The highest BCUT2D eigenvalue weighted by Crippen LogP contribution is 2.29. The van der Waals surface area contributed by atoms with Gasteiger partial charge in [0.05, 0.1) is 11.1 Å². The number of nitrogens with zero attached hydrogens (tertiary/aromatic N) is 1. The summed E-state index contributed by atoms with van der Waals surface area (Å²) in [5.41, 5.74) is 7.18. The summed E-state index contributed by atoms with van der Waals surface area (Å²) in [6.45, 7) is 3.03. The maximum Gasteiger partial charge on any atom is 0.252 e. The van der Waals surface area contributed by atoms with E-state index in [1.165, 1.54) is 19.3 Å². The number of fused-ring (bicyclic) bond motifs is 1. The minimum absolute atomic E-state index is 0.0557. The number of carbonyl (C=O) groups excluding carboxylic acids is 1. The molecule has 3 N–H and O–H groups in total. The molecule has 1 aliphatic rings. The summed E-state index contributed by atoms with van der Waals surface area (Å²) in [5.74, 6) is 1.71. The Kier molecular flexibility index (Phi) is 3.78. The van der Waals surface area contributed by atoms with Crippen LogP contribution in [0.4, 0.5) is 5.82 Å². The molecule has 1 heterocycles. The Bertz CT molecular complexity index is 668. The molecular weight excluding hydrogens is 262 g/mol. The fourth-order valence-corrected chi connectivity index (χ4v) is 3.23. The van der Waals surface area contributed by atoms with Crippen molar-refractivity contribution in [1.82, 2.24) is 10.3 Å². The zero-order valence-corrected chi connectivity index (χ0v) is 12.3. The summed E-state index contributed by atoms with van der Waals surface area (Å²) in [7, 11) is 0. The first-order valence-corrected chi connectivity index (χ1v) is 7.57. The molecule has 4 heteroatoms. The number of nitrogen functional groups attached to an aromatic ring is 1. The fourth-order valence-electron chi connectivity index (χ4n) is 3.23. The Balaban J connectivity index is 1.78. The number of hydrogen-bond donors (Lipinski definition) is 2. The average Bonchev–Trinajstić information content (AvgIpc) is 2.89. The largest absolute Gasteiger partial charge is 0.384 e. The number of carbonyl (C=O) groups is 1. The molecule has 2 aromatic rings. The molecule has 1 aliphatic carbocycles. The zero-order valence-electron chi connectivity index (χ0n) is 12.3. The van der Waals surface area contributed by atoms with Crippen LogP contribution in [0.2, 0.25) is 0 Å². The smallest absolute Gasteiger partial charge is 0.252 e. The topological polar surface area (TPSA) is 68.0 Å². The number of rotatable bonds is 3. The van der Waals surface area contributed by atoms with E-state index in [-0.39, 0.29) is 5.91 Å². The predicted molar refractivity (Wildman–Crippen MR) is 85.0 cm³/mol. The Morgan fingerprint density at radius 3 is 2.95 bits per heavy atom. The lowest BCUT2D eigenvalue weighted by Gasteiger charge is -2.12. The summed E-state index contributed by atoms with van der Waals surface area (Å²) in [4.78, 5) is 16.7. The summed E-state index contributed by atoms with van der Waals surface area (Å²) >= 11 is 0. The van der Waals surface area contributed by atoms with Crippen molar-refractivity contribution < 1.29 is 4.79 Å². The van der Waals surface area contributed by atoms with Gasteiger partial charge in [0.15, 0.2) is 0 Å². The molecule has 0 saturated heterocycles. The van der Waals surface area contributed by atoms with Gasteiger partial charge in [-0.1, -0.05) is 31.5 Å². The van der Waals surface area contributed by atoms with Crippen LogP contribution in [0.5, 0.6) is 0 Å². The molecular formula is C17H21N3O. The minimum Gasteiger partial charge on any atom is -0.384 e. The Labute approximate surface area is 124 Å². The molecule has 1 fully saturated rings. The molecule has 1 aromatic heterocycles. The van der Waals surface area contributed by atoms with E-state index in [4.69, 9.17) is 5.73 Å². The van der Waals surface area contributed by atoms with Crippen molar-refractivity contribution >= 4 is 22.6 Å². The zero-order chi connectivity index (χ0) is 14.8. The lowest BCUT2D eigenvalue weighted by atomic mass is 10.1. The first-order valence-electron chi connectivity index (χ1n) is 7.57. The number of hydrogen-bond acceptors (Lipinski definition) is 3. The monoisotopic (exact) mass is 283 g/mol. The molecule has 0 spiro atoms. The molecule has 21 heavy (non-hydrogen) atoms. The maximum atomic E-state index is 12.5. The van der Waals surface area contributed by atoms with Gasteiger partial charge in [-0.05, 0) is 36.8 Å². The number of benzene rings is 1. The lowest BCUT2D eigenvalue weighted by Crippen LogP contribution is -2.28. The van der Waals surface area contributed by atoms with Gasteiger partial charge in [-0.3, -0.25) is 4.79 Å². The van der Waals surface area contributed by atoms with Crippen LogP contribution in [0.25, 0.3) is 10.9 Å². The van der Waals surface area contributed by atoms with Gasteiger partial charge in [0.25, 0.3) is 5.91 Å². The predicted octanol–water partition coefficient (Wildman–Crippen LogP) is 2.98. The lowest BCUT2D eigenvalue weighted by molar-refractivity contribution is 0.0948. The van der Waals surface area contributed by atoms with Crippen LogP contribution < -0.4 is 11.1 Å². The number of para-hydroxylation sites is 1. The number of aromatic nitrogens is 1. The van der Waals surface area contributed by atoms with E-state index in [0.29, 0.717) is 17.3 Å². The Hall–Kier alpha value is -2.10. The second-order valence-electron chi connectivity index (χ2n) is 6.11. The highest BCUT2D eigenvalue weighted by Gasteiger charge is 2.22. The van der Waals surface area contributed by atoms with Crippen LogP contribution in [0.15, 0.2) is 30.3 Å². The van der Waals surface area contributed by atoms with Crippen molar-refractivity contribution in [1.29, 1.82) is 0 Å². The number of anilines is 1. The summed E-state index contributed by atoms with van der Waals surface area (Å²) < 4.78 is 0. The SMILES string of the molecule is CC1CCC(CNC(=O)c2cc(N)nc3ccccc23)C1. The van der Waals surface area contributed by atoms with Crippen LogP contribution >= 0.6 is 0 Å². The average molecular weight is 283 g/mol. The highest BCUT2D eigenvalue weighted by molar-refractivity contribution is 6.06. The maximum absolute atomic E-state index is 12.5. The van der Waals surface area contributed by atoms with Crippen molar-refractivity contribution in [2.45, 2.75) is 26.2 Å². The standard InChI is InChI=1S/C17H21N3O/c1-11-6-7-12(8-11)10-19-17(21)14-9-16(18)20-15-5-3-2-4-13(14)15/h2-5,9,11-12H,6-8,10H2,1H3,(H2,18,20)(H,19,21). The van der Waals surface area contributed by atoms with E-state index in [9.17, 15) is 4.79 Å². The van der Waals surface area contributed by atoms with Crippen LogP contribution in [0, 0.1) is 11.8 Å². The summed E-state index contributed by atoms with van der Waals surface area (Å²) in [6.07, 6.45) is 3.69. The van der Waals surface area contributed by atoms with Gasteiger partial charge in [-0.2, -0.15) is 0 Å². The number of amides is 1. The highest BCUT2D eigenvalue weighted by atomic mass is 16.1. The second kappa shape index (κ2) is 5.72. The molecule has 0 radical (unpaired) electrons. The molecule has 1 saturated carbocycles. The van der Waals surface area contributed by atoms with E-state index in [1.54, 1.807) is 6.07 Å². The molecule has 1 amide bonds. The van der Waals surface area contributed by atoms with Crippen molar-refractivity contribution in [2.24, 2.45) is 11.8 Å². The Morgan fingerprint density at radius 2 is 2.19 bits per heavy atom. The normalized spacial score (nSPS) is 21.6. The van der Waals surface area contributed by atoms with Crippen molar-refractivity contribution in [3.8, 4) is 0 Å². The number of pyridine rings is 1. The third-order valence-corrected chi connectivity index (χ3v) is 4.34. The van der Waals surface area contributed by atoms with Gasteiger partial charge in [-0.15, -0.1) is 0 Å². The summed E-state index contributed by atoms with van der Waals surface area (Å²) in [6, 6.07) is 9.26. The third-order valence-electron chi connectivity index (χ3n) is 4.34. The second-order valence-corrected chi connectivity index (χ2v) is 6.11. The van der Waals surface area contributed by atoms with E-state index in [0.717, 1.165) is 23.4 Å². The molecule has 4 nitrogen and oxygen atoms in total. The van der Waals surface area contributed by atoms with Crippen molar-refractivity contribution in [3.63, 3.8) is 0 Å². The van der Waals surface area contributed by atoms with Crippen LogP contribution in [0.3, 0.4) is 0 Å². The van der Waals surface area contributed by atoms with Gasteiger partial charge < -0.3 is 11.1 Å². The first kappa shape index (κ1) is 13.9. The van der Waals surface area contributed by atoms with Gasteiger partial charge >= 0.3 is 0 Å². The van der Waals surface area contributed by atoms with Crippen LogP contribution in [-0.2, 0) is 0 Å². The van der Waals surface area contributed by atoms with Crippen molar-refractivity contribution in [2.75, 3.05) is 12.3 Å². The van der Waals surface area contributed by atoms with Crippen LogP contribution in [0.1, 0.15) is 36.5 Å². The summed E-state index contributed by atoms with van der Waals surface area (Å²) in [5, 5.41) is 3.91. The minimum atomic E-state index is -0.0557. The van der Waals surface area contributed by atoms with Gasteiger partial charge in [0.1, 0.15) is 5.82 Å². The molecule has 2 atom stereocenters. The third kappa shape index (κ3) is 2.99. The van der Waals surface area contributed by atoms with Gasteiger partial charge in [0, 0.05) is 11.9 Å². The number of nitrogens with two attached hydrogens (primary N) is 1. The number of nitrogens with one attached hydrogen (secondary N) is 1. The molecule has 2 unspecified atom stereocenters. The van der Waals surface area contributed by atoms with Gasteiger partial charge in [-0.25, -0.2) is 4.98 Å². The van der Waals surface area contributed by atoms with Gasteiger partial charge in [0.2, 0.25) is 0 Å². The molecule has 110 valence electrons. The molecule has 1 aromatic carbocycles. The van der Waals surface area contributed by atoms with E-state index in [2.05, 4.69) is 17.2 Å². The molecule has 0 aliphatic heterocycles. The Morgan fingerprint density at radius 1 is 1.38 bits per heavy atom. The van der Waals surface area contributed by atoms with E-state index < -0.39 is 0 Å². The molecule has 3 rings (SSSR count). The quantitative estimate of drug-likeness (QED) is 0.910. The van der Waals surface area contributed by atoms with Crippen molar-refractivity contribution in [3.05, 3.63) is 35.9 Å².